The van der Waals surface area contributed by atoms with Crippen molar-refractivity contribution < 1.29 is 23.5 Å². The van der Waals surface area contributed by atoms with Gasteiger partial charge in [-0.3, -0.25) is 4.79 Å². The normalized spacial score (nSPS) is 22.1. The van der Waals surface area contributed by atoms with Gasteiger partial charge in [-0.05, 0) is 48.6 Å². The fourth-order valence-corrected chi connectivity index (χ4v) is 5.20. The summed E-state index contributed by atoms with van der Waals surface area (Å²) in [6.45, 7) is 1.77. The molecule has 1 aliphatic carbocycles. The van der Waals surface area contributed by atoms with Crippen LogP contribution in [0.4, 0.5) is 0 Å². The average Bonchev–Trinajstić information content (AvgIpc) is 3.44. The van der Waals surface area contributed by atoms with Gasteiger partial charge >= 0.3 is 5.97 Å². The van der Waals surface area contributed by atoms with Crippen molar-refractivity contribution >= 4 is 22.7 Å². The molecule has 1 saturated heterocycles. The third-order valence-electron chi connectivity index (χ3n) is 6.76. The summed E-state index contributed by atoms with van der Waals surface area (Å²) in [7, 11) is 1.61. The standard InChI is InChI=1S/C25H33NO5/c1-29-12-5-13-30-25(28)23-16-19-14-17(8-9-22(19)31-23)15-21(27)24-20(10-11-26-24)18-6-3-2-4-7-18/h8-9,14,16,18,20,24,26H,2-7,10-13,15H2,1H3/t20-,24-/m0/s1. The van der Waals surface area contributed by atoms with Crippen LogP contribution in [0, 0.1) is 11.8 Å². The van der Waals surface area contributed by atoms with Crippen molar-refractivity contribution in [2.75, 3.05) is 26.9 Å². The highest BCUT2D eigenvalue weighted by Gasteiger charge is 2.37. The molecule has 1 N–H and O–H groups in total. The van der Waals surface area contributed by atoms with Crippen molar-refractivity contribution in [3.63, 3.8) is 0 Å². The molecule has 6 nitrogen and oxygen atoms in total. The van der Waals surface area contributed by atoms with E-state index in [0.717, 1.165) is 23.9 Å². The first-order valence-corrected chi connectivity index (χ1v) is 11.6. The number of fused-ring (bicyclic) bond motifs is 1. The summed E-state index contributed by atoms with van der Waals surface area (Å²) in [5.41, 5.74) is 1.58. The summed E-state index contributed by atoms with van der Waals surface area (Å²) in [5.74, 6) is 1.14. The first-order chi connectivity index (χ1) is 15.2. The highest BCUT2D eigenvalue weighted by atomic mass is 16.5. The summed E-state index contributed by atoms with van der Waals surface area (Å²) in [6, 6.07) is 7.37. The Hall–Kier alpha value is -2.18. The lowest BCUT2D eigenvalue weighted by Gasteiger charge is -2.30. The lowest BCUT2D eigenvalue weighted by Crippen LogP contribution is -2.40. The van der Waals surface area contributed by atoms with Crippen LogP contribution in [0.15, 0.2) is 28.7 Å². The molecule has 1 aromatic heterocycles. The maximum atomic E-state index is 13.1. The molecule has 0 radical (unpaired) electrons. The van der Waals surface area contributed by atoms with Gasteiger partial charge in [-0.15, -0.1) is 0 Å². The van der Waals surface area contributed by atoms with E-state index in [9.17, 15) is 9.59 Å². The second kappa shape index (κ2) is 10.4. The molecule has 2 aromatic rings. The van der Waals surface area contributed by atoms with Crippen molar-refractivity contribution in [1.82, 2.24) is 5.32 Å². The van der Waals surface area contributed by atoms with E-state index in [1.54, 1.807) is 13.2 Å². The van der Waals surface area contributed by atoms with Crippen molar-refractivity contribution in [3.05, 3.63) is 35.6 Å². The van der Waals surface area contributed by atoms with Gasteiger partial charge in [0.1, 0.15) is 5.58 Å². The number of esters is 1. The van der Waals surface area contributed by atoms with Gasteiger partial charge in [-0.25, -0.2) is 4.79 Å². The van der Waals surface area contributed by atoms with Crippen LogP contribution in [-0.2, 0) is 20.7 Å². The topological polar surface area (TPSA) is 77.8 Å². The number of ketones is 1. The van der Waals surface area contributed by atoms with Crippen LogP contribution in [-0.4, -0.2) is 44.7 Å². The zero-order valence-corrected chi connectivity index (χ0v) is 18.4. The van der Waals surface area contributed by atoms with Gasteiger partial charge in [0.15, 0.2) is 5.78 Å². The van der Waals surface area contributed by atoms with Crippen LogP contribution in [0.2, 0.25) is 0 Å². The van der Waals surface area contributed by atoms with Gasteiger partial charge < -0.3 is 19.2 Å². The summed E-state index contributed by atoms with van der Waals surface area (Å²) in [5, 5.41) is 4.29. The molecule has 0 amide bonds. The number of hydrogen-bond donors (Lipinski definition) is 1. The number of hydrogen-bond acceptors (Lipinski definition) is 6. The Bertz CT molecular complexity index is 898. The van der Waals surface area contributed by atoms with Gasteiger partial charge in [0, 0.05) is 31.9 Å². The Balaban J connectivity index is 1.39. The molecule has 0 spiro atoms. The van der Waals surface area contributed by atoms with Crippen molar-refractivity contribution in [3.8, 4) is 0 Å². The lowest BCUT2D eigenvalue weighted by atomic mass is 9.75. The van der Waals surface area contributed by atoms with Gasteiger partial charge in [-0.1, -0.05) is 38.2 Å². The summed E-state index contributed by atoms with van der Waals surface area (Å²) >= 11 is 0. The molecule has 1 aromatic carbocycles. The van der Waals surface area contributed by atoms with Gasteiger partial charge in [0.2, 0.25) is 5.76 Å². The Morgan fingerprint density at radius 2 is 1.94 bits per heavy atom. The van der Waals surface area contributed by atoms with E-state index >= 15 is 0 Å². The van der Waals surface area contributed by atoms with Gasteiger partial charge in [0.05, 0.1) is 12.6 Å². The minimum absolute atomic E-state index is 0.0271. The van der Waals surface area contributed by atoms with Gasteiger partial charge in [-0.2, -0.15) is 0 Å². The number of carbonyl (C=O) groups excluding carboxylic acids is 2. The third-order valence-corrected chi connectivity index (χ3v) is 6.76. The van der Waals surface area contributed by atoms with Crippen LogP contribution < -0.4 is 5.32 Å². The number of nitrogens with one attached hydrogen (secondary N) is 1. The van der Waals surface area contributed by atoms with Crippen LogP contribution in [0.25, 0.3) is 11.0 Å². The lowest BCUT2D eigenvalue weighted by molar-refractivity contribution is -0.121. The number of Topliss-reactive ketones (excluding diaryl/α,β-unsaturated/α-hetero) is 1. The molecule has 1 saturated carbocycles. The second-order valence-electron chi connectivity index (χ2n) is 8.89. The first-order valence-electron chi connectivity index (χ1n) is 11.6. The van der Waals surface area contributed by atoms with Crippen LogP contribution in [0.1, 0.15) is 61.1 Å². The molecule has 2 aliphatic rings. The third kappa shape index (κ3) is 5.36. The number of rotatable bonds is 9. The molecule has 4 rings (SSSR count). The predicted octanol–water partition coefficient (Wildman–Crippen LogP) is 4.30. The van der Waals surface area contributed by atoms with E-state index in [-0.39, 0.29) is 17.6 Å². The molecule has 6 heteroatoms. The fraction of sp³-hybridized carbons (Fsp3) is 0.600. The van der Waals surface area contributed by atoms with Crippen molar-refractivity contribution in [2.45, 2.75) is 57.4 Å². The molecular weight excluding hydrogens is 394 g/mol. The molecule has 2 atom stereocenters. The van der Waals surface area contributed by atoms with E-state index in [2.05, 4.69) is 5.32 Å². The largest absolute Gasteiger partial charge is 0.460 e. The molecule has 1 aliphatic heterocycles. The molecule has 31 heavy (non-hydrogen) atoms. The summed E-state index contributed by atoms with van der Waals surface area (Å²) in [6.07, 6.45) is 8.63. The minimum atomic E-state index is -0.476. The molecule has 0 unspecified atom stereocenters. The highest BCUT2D eigenvalue weighted by Crippen LogP contribution is 2.36. The maximum Gasteiger partial charge on any atom is 0.374 e. The molecule has 2 fully saturated rings. The van der Waals surface area contributed by atoms with Crippen LogP contribution in [0.5, 0.6) is 0 Å². The van der Waals surface area contributed by atoms with Crippen molar-refractivity contribution in [1.29, 1.82) is 0 Å². The van der Waals surface area contributed by atoms with Gasteiger partial charge in [0.25, 0.3) is 0 Å². The van der Waals surface area contributed by atoms with E-state index in [4.69, 9.17) is 13.9 Å². The molecule has 0 bridgehead atoms. The summed E-state index contributed by atoms with van der Waals surface area (Å²) in [4.78, 5) is 25.3. The Labute approximate surface area is 183 Å². The Morgan fingerprint density at radius 1 is 1.10 bits per heavy atom. The minimum Gasteiger partial charge on any atom is -0.460 e. The molecule has 2 heterocycles. The first kappa shape index (κ1) is 22.0. The quantitative estimate of drug-likeness (QED) is 0.475. The number of furan rings is 1. The fourth-order valence-electron chi connectivity index (χ4n) is 5.20. The Kier molecular flexibility index (Phi) is 7.41. The van der Waals surface area contributed by atoms with E-state index in [1.807, 2.05) is 18.2 Å². The zero-order valence-electron chi connectivity index (χ0n) is 18.4. The average molecular weight is 428 g/mol. The van der Waals surface area contributed by atoms with Crippen LogP contribution in [0.3, 0.4) is 0 Å². The van der Waals surface area contributed by atoms with Crippen molar-refractivity contribution in [2.24, 2.45) is 11.8 Å². The SMILES string of the molecule is COCCCOC(=O)c1cc2cc(CC(=O)[C@H]3NCC[C@H]3C3CCCCC3)ccc2o1. The second-order valence-corrected chi connectivity index (χ2v) is 8.89. The highest BCUT2D eigenvalue weighted by molar-refractivity contribution is 5.93. The molecule has 168 valence electrons. The Morgan fingerprint density at radius 3 is 2.74 bits per heavy atom. The van der Waals surface area contributed by atoms with E-state index in [1.165, 1.54) is 32.1 Å². The summed E-state index contributed by atoms with van der Waals surface area (Å²) < 4.78 is 15.8. The number of carbonyl (C=O) groups is 2. The zero-order chi connectivity index (χ0) is 21.6. The predicted molar refractivity (Wildman–Crippen MR) is 118 cm³/mol. The molecular formula is C25H33NO5. The van der Waals surface area contributed by atoms with E-state index < -0.39 is 5.97 Å². The number of methoxy groups -OCH3 is 1. The monoisotopic (exact) mass is 427 g/mol. The maximum absolute atomic E-state index is 13.1. The smallest absolute Gasteiger partial charge is 0.374 e. The van der Waals surface area contributed by atoms with E-state index in [0.29, 0.717) is 43.5 Å². The van der Waals surface area contributed by atoms with Crippen LogP contribution >= 0.6 is 0 Å². The number of ether oxygens (including phenoxy) is 2. The number of benzene rings is 1.